The fourth-order valence-electron chi connectivity index (χ4n) is 4.39. The van der Waals surface area contributed by atoms with Crippen LogP contribution in [-0.2, 0) is 11.2 Å². The first-order valence-corrected chi connectivity index (χ1v) is 10.7. The van der Waals surface area contributed by atoms with Gasteiger partial charge >= 0.3 is 0 Å². The average molecular weight is 412 g/mol. The second-order valence-electron chi connectivity index (χ2n) is 8.04. The van der Waals surface area contributed by atoms with Crippen LogP contribution in [0.1, 0.15) is 60.3 Å². The number of nitrogens with zero attached hydrogens (tertiary/aromatic N) is 3. The maximum Gasteiger partial charge on any atom is 0.255 e. The predicted molar refractivity (Wildman–Crippen MR) is 109 cm³/mol. The molecule has 1 aromatic heterocycles. The minimum Gasteiger partial charge on any atom is -0.493 e. The van der Waals surface area contributed by atoms with Gasteiger partial charge in [-0.2, -0.15) is 0 Å². The fourth-order valence-corrected chi connectivity index (χ4v) is 4.39. The number of piperidine rings is 1. The van der Waals surface area contributed by atoms with Crippen LogP contribution in [0.4, 0.5) is 0 Å². The molecule has 2 atom stereocenters. The van der Waals surface area contributed by atoms with E-state index in [2.05, 4.69) is 15.6 Å². The molecule has 2 aliphatic rings. The molecule has 160 valence electrons. The Morgan fingerprint density at radius 3 is 2.87 bits per heavy atom. The molecule has 30 heavy (non-hydrogen) atoms. The summed E-state index contributed by atoms with van der Waals surface area (Å²) in [6.07, 6.45) is 5.65. The van der Waals surface area contributed by atoms with Crippen molar-refractivity contribution in [2.24, 2.45) is 0 Å². The lowest BCUT2D eigenvalue weighted by Gasteiger charge is -2.42. The number of para-hydroxylation sites is 1. The molecule has 4 rings (SSSR count). The molecular weight excluding hydrogens is 384 g/mol. The molecule has 0 aliphatic carbocycles. The molecule has 8 nitrogen and oxygen atoms in total. The monoisotopic (exact) mass is 412 g/mol. The molecule has 0 saturated carbocycles. The average Bonchev–Trinajstić information content (AvgIpc) is 3.15. The molecule has 1 fully saturated rings. The van der Waals surface area contributed by atoms with Gasteiger partial charge in [0.1, 0.15) is 17.1 Å². The maximum atomic E-state index is 13.1. The molecule has 0 unspecified atom stereocenters. The van der Waals surface area contributed by atoms with Crippen LogP contribution in [0.15, 0.2) is 28.9 Å². The van der Waals surface area contributed by atoms with E-state index >= 15 is 0 Å². The molecule has 2 amide bonds. The first-order valence-electron chi connectivity index (χ1n) is 10.7. The summed E-state index contributed by atoms with van der Waals surface area (Å²) >= 11 is 0. The Labute approximate surface area is 175 Å². The van der Waals surface area contributed by atoms with E-state index in [9.17, 15) is 9.59 Å². The van der Waals surface area contributed by atoms with Crippen molar-refractivity contribution in [1.29, 1.82) is 0 Å². The number of fused-ring (bicyclic) bond motifs is 2. The summed E-state index contributed by atoms with van der Waals surface area (Å²) in [5.74, 6) is 0.477. The zero-order valence-corrected chi connectivity index (χ0v) is 17.3. The van der Waals surface area contributed by atoms with E-state index in [0.29, 0.717) is 35.9 Å². The van der Waals surface area contributed by atoms with Gasteiger partial charge in [0.15, 0.2) is 0 Å². The van der Waals surface area contributed by atoms with Crippen molar-refractivity contribution in [3.8, 4) is 5.75 Å². The standard InChI is InChI=1S/C22H28N4O4/c1-15-18(25-30-24-15)14-21(27)26-12-7-9-17-19(26)10-3-2-6-13-29-20-11-5-4-8-16(20)22(28)23-17/h4-5,8,11,17,19H,2-3,6-7,9-10,12-14H2,1H3,(H,23,28)/t17-,19-/m0/s1. The number of likely N-dealkylation sites (tertiary alicyclic amines) is 1. The molecule has 8 heteroatoms. The predicted octanol–water partition coefficient (Wildman–Crippen LogP) is 2.66. The van der Waals surface area contributed by atoms with Crippen molar-refractivity contribution in [1.82, 2.24) is 20.5 Å². The fraction of sp³-hybridized carbons (Fsp3) is 0.545. The maximum absolute atomic E-state index is 13.1. The van der Waals surface area contributed by atoms with E-state index in [4.69, 9.17) is 9.37 Å². The summed E-state index contributed by atoms with van der Waals surface area (Å²) < 4.78 is 10.6. The number of hydrogen-bond donors (Lipinski definition) is 1. The van der Waals surface area contributed by atoms with Crippen LogP contribution < -0.4 is 10.1 Å². The molecule has 0 spiro atoms. The number of nitrogens with one attached hydrogen (secondary N) is 1. The molecule has 1 saturated heterocycles. The number of aryl methyl sites for hydroxylation is 1. The van der Waals surface area contributed by atoms with Crippen LogP contribution in [0.2, 0.25) is 0 Å². The van der Waals surface area contributed by atoms with Crippen molar-refractivity contribution in [3.63, 3.8) is 0 Å². The Morgan fingerprint density at radius 2 is 2.03 bits per heavy atom. The van der Waals surface area contributed by atoms with Crippen LogP contribution >= 0.6 is 0 Å². The molecule has 1 aromatic carbocycles. The summed E-state index contributed by atoms with van der Waals surface area (Å²) in [5.41, 5.74) is 1.76. The minimum absolute atomic E-state index is 0.00794. The highest BCUT2D eigenvalue weighted by molar-refractivity contribution is 5.97. The second kappa shape index (κ2) is 9.28. The van der Waals surface area contributed by atoms with Crippen molar-refractivity contribution >= 4 is 11.8 Å². The van der Waals surface area contributed by atoms with Gasteiger partial charge < -0.3 is 15.0 Å². The number of carbonyl (C=O) groups is 2. The normalized spacial score (nSPS) is 22.6. The Kier molecular flexibility index (Phi) is 6.30. The van der Waals surface area contributed by atoms with Gasteiger partial charge in [-0.25, -0.2) is 4.63 Å². The van der Waals surface area contributed by atoms with E-state index in [1.807, 2.05) is 23.1 Å². The van der Waals surface area contributed by atoms with Crippen molar-refractivity contribution in [2.45, 2.75) is 64.0 Å². The van der Waals surface area contributed by atoms with E-state index in [-0.39, 0.29) is 30.3 Å². The Morgan fingerprint density at radius 1 is 1.17 bits per heavy atom. The summed E-state index contributed by atoms with van der Waals surface area (Å²) in [6, 6.07) is 7.24. The lowest BCUT2D eigenvalue weighted by Crippen LogP contribution is -2.57. The third kappa shape index (κ3) is 4.47. The van der Waals surface area contributed by atoms with Gasteiger partial charge in [0, 0.05) is 12.6 Å². The summed E-state index contributed by atoms with van der Waals surface area (Å²) in [6.45, 7) is 3.06. The van der Waals surface area contributed by atoms with Crippen LogP contribution in [0.25, 0.3) is 0 Å². The Bertz CT molecular complexity index is 897. The molecule has 2 aliphatic heterocycles. The molecular formula is C22H28N4O4. The summed E-state index contributed by atoms with van der Waals surface area (Å²) in [7, 11) is 0. The quantitative estimate of drug-likeness (QED) is 0.814. The van der Waals surface area contributed by atoms with Crippen LogP contribution in [0.5, 0.6) is 5.75 Å². The highest BCUT2D eigenvalue weighted by Crippen LogP contribution is 2.26. The number of aromatic nitrogens is 2. The van der Waals surface area contributed by atoms with Crippen molar-refractivity contribution < 1.29 is 19.0 Å². The summed E-state index contributed by atoms with van der Waals surface area (Å²) in [4.78, 5) is 28.1. The van der Waals surface area contributed by atoms with Crippen molar-refractivity contribution in [2.75, 3.05) is 13.2 Å². The molecule has 1 N–H and O–H groups in total. The first kappa shape index (κ1) is 20.4. The first-order chi connectivity index (χ1) is 14.6. The number of hydrogen-bond acceptors (Lipinski definition) is 6. The number of ether oxygens (including phenoxy) is 1. The minimum atomic E-state index is -0.146. The lowest BCUT2D eigenvalue weighted by atomic mass is 9.90. The number of carbonyl (C=O) groups excluding carboxylic acids is 2. The SMILES string of the molecule is Cc1nonc1CC(=O)N1CCC[C@@H]2NC(=O)c3ccccc3OCCCCC[C@@H]21. The van der Waals surface area contributed by atoms with E-state index in [1.54, 1.807) is 13.0 Å². The van der Waals surface area contributed by atoms with E-state index in [0.717, 1.165) is 38.5 Å². The molecule has 0 bridgehead atoms. The number of benzene rings is 1. The Hall–Kier alpha value is -2.90. The summed E-state index contributed by atoms with van der Waals surface area (Å²) in [5, 5.41) is 10.8. The second-order valence-corrected chi connectivity index (χ2v) is 8.04. The van der Waals surface area contributed by atoms with Crippen LogP contribution in [-0.4, -0.2) is 52.3 Å². The van der Waals surface area contributed by atoms with Gasteiger partial charge in [0.25, 0.3) is 5.91 Å². The van der Waals surface area contributed by atoms with E-state index in [1.165, 1.54) is 0 Å². The van der Waals surface area contributed by atoms with Crippen LogP contribution in [0.3, 0.4) is 0 Å². The number of rotatable bonds is 2. The third-order valence-corrected chi connectivity index (χ3v) is 6.01. The van der Waals surface area contributed by atoms with Gasteiger partial charge in [-0.1, -0.05) is 28.9 Å². The largest absolute Gasteiger partial charge is 0.493 e. The highest BCUT2D eigenvalue weighted by Gasteiger charge is 2.35. The van der Waals surface area contributed by atoms with Gasteiger partial charge in [-0.3, -0.25) is 9.59 Å². The molecule has 3 heterocycles. The van der Waals surface area contributed by atoms with Gasteiger partial charge in [0.2, 0.25) is 5.91 Å². The van der Waals surface area contributed by atoms with E-state index < -0.39 is 0 Å². The van der Waals surface area contributed by atoms with Gasteiger partial charge in [-0.05, 0) is 51.2 Å². The zero-order chi connectivity index (χ0) is 20.9. The van der Waals surface area contributed by atoms with Crippen molar-refractivity contribution in [3.05, 3.63) is 41.2 Å². The topological polar surface area (TPSA) is 97.6 Å². The number of amides is 2. The molecule has 0 radical (unpaired) electrons. The Balaban J connectivity index is 1.55. The highest BCUT2D eigenvalue weighted by atomic mass is 16.6. The van der Waals surface area contributed by atoms with Gasteiger partial charge in [0.05, 0.1) is 24.6 Å². The smallest absolute Gasteiger partial charge is 0.255 e. The van der Waals surface area contributed by atoms with Crippen LogP contribution in [0, 0.1) is 6.92 Å². The third-order valence-electron chi connectivity index (χ3n) is 6.01. The lowest BCUT2D eigenvalue weighted by molar-refractivity contribution is -0.135. The zero-order valence-electron chi connectivity index (χ0n) is 17.3. The van der Waals surface area contributed by atoms with Gasteiger partial charge in [-0.15, -0.1) is 0 Å². The molecule has 2 aromatic rings.